The van der Waals surface area contributed by atoms with Crippen LogP contribution in [-0.2, 0) is 23.3 Å². The van der Waals surface area contributed by atoms with Crippen LogP contribution in [0.2, 0.25) is 0 Å². The summed E-state index contributed by atoms with van der Waals surface area (Å²) in [5.41, 5.74) is 0. The van der Waals surface area contributed by atoms with Crippen molar-refractivity contribution in [3.8, 4) is 0 Å². The highest BCUT2D eigenvalue weighted by molar-refractivity contribution is 7.32. The van der Waals surface area contributed by atoms with Crippen LogP contribution in [0.15, 0.2) is 0 Å². The van der Waals surface area contributed by atoms with Gasteiger partial charge in [-0.3, -0.25) is 0 Å². The zero-order chi connectivity index (χ0) is 14.1. The Morgan fingerprint density at radius 3 is 1.33 bits per heavy atom. The number of hydrogen-bond donors (Lipinski definition) is 3. The number of ether oxygens (including phenoxy) is 3. The Morgan fingerprint density at radius 1 is 0.833 bits per heavy atom. The second-order valence-corrected chi connectivity index (χ2v) is 3.55. The molecule has 0 amide bonds. The van der Waals surface area contributed by atoms with E-state index in [9.17, 15) is 4.57 Å². The zero-order valence-corrected chi connectivity index (χ0v) is 11.4. The molecule has 8 nitrogen and oxygen atoms in total. The van der Waals surface area contributed by atoms with Crippen LogP contribution in [0.4, 0.5) is 0 Å². The second kappa shape index (κ2) is 19.2. The van der Waals surface area contributed by atoms with Crippen molar-refractivity contribution in [2.75, 3.05) is 60.0 Å². The third-order valence-corrected chi connectivity index (χ3v) is 1.68. The largest absolute Gasteiger partial charge is 0.694 e. The van der Waals surface area contributed by atoms with Gasteiger partial charge in [-0.1, -0.05) is 0 Å². The summed E-state index contributed by atoms with van der Waals surface area (Å²) in [5, 5.41) is 16.7. The number of aliphatic hydroxyl groups excluding tert-OH is 2. The lowest BCUT2D eigenvalue weighted by Crippen LogP contribution is -2.11. The first-order valence-corrected chi connectivity index (χ1v) is 6.47. The summed E-state index contributed by atoms with van der Waals surface area (Å²) in [5.74, 6) is 0. The number of hydrogen-bond acceptors (Lipinski definition) is 7. The number of rotatable bonds is 11. The molecule has 0 aromatic heterocycles. The van der Waals surface area contributed by atoms with E-state index in [4.69, 9.17) is 29.3 Å². The highest BCUT2D eigenvalue weighted by Gasteiger charge is 2.02. The Kier molecular flexibility index (Phi) is 21.4. The quantitative estimate of drug-likeness (QED) is 0.338. The molecule has 0 aliphatic rings. The van der Waals surface area contributed by atoms with Gasteiger partial charge in [-0.05, 0) is 0 Å². The van der Waals surface area contributed by atoms with Crippen molar-refractivity contribution in [3.63, 3.8) is 0 Å². The lowest BCUT2D eigenvalue weighted by atomic mass is 10.7. The Bertz CT molecular complexity index is 159. The van der Waals surface area contributed by atoms with Gasteiger partial charge in [-0.25, -0.2) is 0 Å². The predicted octanol–water partition coefficient (Wildman–Crippen LogP) is -0.697. The molecule has 0 aliphatic carbocycles. The van der Waals surface area contributed by atoms with Crippen LogP contribution in [0.3, 0.4) is 0 Å². The first-order chi connectivity index (χ1) is 8.68. The summed E-state index contributed by atoms with van der Waals surface area (Å²) in [6.07, 6.45) is 0. The summed E-state index contributed by atoms with van der Waals surface area (Å²) in [6.45, 7) is 2.76. The molecule has 0 radical (unpaired) electrons. The molecular formula is C9H22O8P+. The SMILES string of the molecule is CO[P+](=O)O.OCCOCCOCCOCCO. The summed E-state index contributed by atoms with van der Waals surface area (Å²) in [6, 6.07) is 0. The molecule has 0 saturated carbocycles. The summed E-state index contributed by atoms with van der Waals surface area (Å²) < 4.78 is 28.1. The molecule has 0 saturated heterocycles. The second-order valence-electron chi connectivity index (χ2n) is 2.70. The highest BCUT2D eigenvalue weighted by Crippen LogP contribution is 2.09. The average molecular weight is 289 g/mol. The first kappa shape index (κ1) is 20.1. The Hall–Kier alpha value is -0.180. The lowest BCUT2D eigenvalue weighted by molar-refractivity contribution is 0.00230. The van der Waals surface area contributed by atoms with E-state index >= 15 is 0 Å². The van der Waals surface area contributed by atoms with Crippen molar-refractivity contribution >= 4 is 8.25 Å². The van der Waals surface area contributed by atoms with Crippen LogP contribution in [-0.4, -0.2) is 75.1 Å². The molecular weight excluding hydrogens is 267 g/mol. The minimum absolute atomic E-state index is 0.0413. The molecule has 0 aromatic carbocycles. The third kappa shape index (κ3) is 24.9. The molecule has 1 atom stereocenters. The maximum atomic E-state index is 9.29. The van der Waals surface area contributed by atoms with Crippen LogP contribution < -0.4 is 0 Å². The van der Waals surface area contributed by atoms with Crippen molar-refractivity contribution in [1.82, 2.24) is 0 Å². The molecule has 0 spiro atoms. The molecule has 0 aliphatic heterocycles. The standard InChI is InChI=1S/C8H18O5.CH3O3P/c9-1-3-11-5-7-13-8-6-12-4-2-10;1-4-5(2)3/h9-10H,1-8H2;1H3/p+1. The van der Waals surface area contributed by atoms with Gasteiger partial charge in [-0.2, -0.15) is 0 Å². The van der Waals surface area contributed by atoms with Crippen molar-refractivity contribution in [1.29, 1.82) is 0 Å². The molecule has 18 heavy (non-hydrogen) atoms. The van der Waals surface area contributed by atoms with E-state index in [1.54, 1.807) is 0 Å². The Morgan fingerprint density at radius 2 is 1.11 bits per heavy atom. The van der Waals surface area contributed by atoms with Crippen LogP contribution in [0.25, 0.3) is 0 Å². The molecule has 0 bridgehead atoms. The van der Waals surface area contributed by atoms with E-state index in [0.717, 1.165) is 0 Å². The topological polar surface area (TPSA) is 115 Å². The van der Waals surface area contributed by atoms with Gasteiger partial charge >= 0.3 is 8.25 Å². The van der Waals surface area contributed by atoms with Gasteiger partial charge < -0.3 is 24.4 Å². The van der Waals surface area contributed by atoms with E-state index in [1.807, 2.05) is 0 Å². The Labute approximate surface area is 107 Å². The minimum atomic E-state index is -2.35. The van der Waals surface area contributed by atoms with Crippen LogP contribution >= 0.6 is 8.25 Å². The normalized spacial score (nSPS) is 10.8. The van der Waals surface area contributed by atoms with Gasteiger partial charge in [0, 0.05) is 4.57 Å². The van der Waals surface area contributed by atoms with Crippen LogP contribution in [0.5, 0.6) is 0 Å². The van der Waals surface area contributed by atoms with Gasteiger partial charge in [0.15, 0.2) is 0 Å². The zero-order valence-electron chi connectivity index (χ0n) is 10.5. The summed E-state index contributed by atoms with van der Waals surface area (Å²) in [7, 11) is -1.18. The van der Waals surface area contributed by atoms with E-state index in [1.165, 1.54) is 7.11 Å². The number of aliphatic hydroxyl groups is 2. The maximum absolute atomic E-state index is 9.29. The molecule has 0 fully saturated rings. The van der Waals surface area contributed by atoms with E-state index < -0.39 is 8.25 Å². The van der Waals surface area contributed by atoms with Crippen molar-refractivity contribution in [2.24, 2.45) is 0 Å². The van der Waals surface area contributed by atoms with E-state index in [-0.39, 0.29) is 13.2 Å². The molecule has 0 heterocycles. The van der Waals surface area contributed by atoms with Gasteiger partial charge in [0.2, 0.25) is 0 Å². The van der Waals surface area contributed by atoms with Gasteiger partial charge in [0.1, 0.15) is 0 Å². The van der Waals surface area contributed by atoms with E-state index in [0.29, 0.717) is 39.6 Å². The molecule has 0 aromatic rings. The molecule has 0 rings (SSSR count). The highest BCUT2D eigenvalue weighted by atomic mass is 31.1. The van der Waals surface area contributed by atoms with Crippen LogP contribution in [0.1, 0.15) is 0 Å². The fraction of sp³-hybridized carbons (Fsp3) is 1.00. The molecule has 110 valence electrons. The molecule has 9 heteroatoms. The average Bonchev–Trinajstić information content (AvgIpc) is 2.37. The van der Waals surface area contributed by atoms with Gasteiger partial charge in [0.25, 0.3) is 0 Å². The smallest absolute Gasteiger partial charge is 0.394 e. The van der Waals surface area contributed by atoms with Gasteiger partial charge in [0.05, 0.1) is 60.0 Å². The monoisotopic (exact) mass is 289 g/mol. The molecule has 3 N–H and O–H groups in total. The predicted molar refractivity (Wildman–Crippen MR) is 63.5 cm³/mol. The fourth-order valence-electron chi connectivity index (χ4n) is 0.671. The minimum Gasteiger partial charge on any atom is -0.394 e. The Balaban J connectivity index is 0. The van der Waals surface area contributed by atoms with Gasteiger partial charge in [-0.15, -0.1) is 9.42 Å². The summed E-state index contributed by atoms with van der Waals surface area (Å²) >= 11 is 0. The molecule has 1 unspecified atom stereocenters. The van der Waals surface area contributed by atoms with Crippen molar-refractivity contribution in [3.05, 3.63) is 0 Å². The fourth-order valence-corrected chi connectivity index (χ4v) is 0.671. The van der Waals surface area contributed by atoms with Crippen molar-refractivity contribution < 1.29 is 38.4 Å². The third-order valence-electron chi connectivity index (χ3n) is 1.37. The van der Waals surface area contributed by atoms with Crippen LogP contribution in [0, 0.1) is 0 Å². The first-order valence-electron chi connectivity index (χ1n) is 5.34. The van der Waals surface area contributed by atoms with E-state index in [2.05, 4.69) is 4.52 Å². The summed E-state index contributed by atoms with van der Waals surface area (Å²) in [4.78, 5) is 7.65. The van der Waals surface area contributed by atoms with Crippen molar-refractivity contribution in [2.45, 2.75) is 0 Å². The lowest BCUT2D eigenvalue weighted by Gasteiger charge is -2.04. The maximum Gasteiger partial charge on any atom is 0.694 e.